The number of nitrogens with two attached hydrogens (primary N) is 2. The van der Waals surface area contributed by atoms with Gasteiger partial charge in [-0.15, -0.1) is 0 Å². The number of hydrogen-bond donors (Lipinski definition) is 2. The van der Waals surface area contributed by atoms with Crippen molar-refractivity contribution in [2.24, 2.45) is 15.4 Å². The van der Waals surface area contributed by atoms with Gasteiger partial charge < -0.3 is 5.73 Å². The summed E-state index contributed by atoms with van der Waals surface area (Å²) in [6.07, 6.45) is 3.66. The van der Waals surface area contributed by atoms with Crippen molar-refractivity contribution in [3.05, 3.63) is 59.2 Å². The molecule has 0 amide bonds. The second-order valence-corrected chi connectivity index (χ2v) is 6.93. The molecule has 0 spiro atoms. The largest absolute Gasteiger partial charge is 0.398 e. The molecule has 7 heteroatoms. The number of rotatable bonds is 5. The monoisotopic (exact) mass is 344 g/mol. The van der Waals surface area contributed by atoms with Crippen LogP contribution in [0.5, 0.6) is 0 Å². The van der Waals surface area contributed by atoms with E-state index in [0.717, 1.165) is 22.4 Å². The number of hydrogen-bond acceptors (Lipinski definition) is 5. The molecule has 0 saturated carbocycles. The van der Waals surface area contributed by atoms with Gasteiger partial charge >= 0.3 is 0 Å². The van der Waals surface area contributed by atoms with Gasteiger partial charge in [-0.2, -0.15) is 10.2 Å². The third kappa shape index (κ3) is 4.50. The first-order chi connectivity index (χ1) is 11.3. The maximum atomic E-state index is 11.4. The summed E-state index contributed by atoms with van der Waals surface area (Å²) >= 11 is 0. The number of nitrogens with zero attached hydrogens (tertiary/aromatic N) is 2. The zero-order valence-corrected chi connectivity index (χ0v) is 14.4. The van der Waals surface area contributed by atoms with E-state index in [1.807, 2.05) is 43.3 Å². The van der Waals surface area contributed by atoms with Gasteiger partial charge in [-0.05, 0) is 48.7 Å². The molecule has 0 heterocycles. The first-order valence-corrected chi connectivity index (χ1v) is 8.86. The molecule has 0 aliphatic heterocycles. The Morgan fingerprint density at radius 1 is 1.12 bits per heavy atom. The van der Waals surface area contributed by atoms with Crippen LogP contribution in [0.4, 0.5) is 11.4 Å². The zero-order chi connectivity index (χ0) is 17.7. The van der Waals surface area contributed by atoms with E-state index < -0.39 is 10.0 Å². The van der Waals surface area contributed by atoms with Crippen LogP contribution in [0.15, 0.2) is 57.6 Å². The lowest BCUT2D eigenvalue weighted by atomic mass is 10.1. The molecule has 0 radical (unpaired) electrons. The van der Waals surface area contributed by atoms with E-state index >= 15 is 0 Å². The smallest absolute Gasteiger partial charge is 0.240 e. The fourth-order valence-corrected chi connectivity index (χ4v) is 2.89. The summed E-state index contributed by atoms with van der Waals surface area (Å²) in [5, 5.41) is 13.4. The van der Waals surface area contributed by atoms with Crippen LogP contribution in [0.25, 0.3) is 6.08 Å². The molecule has 0 fully saturated rings. The maximum Gasteiger partial charge on any atom is 0.240 e. The lowest BCUT2D eigenvalue weighted by molar-refractivity contribution is 0.598. The van der Waals surface area contributed by atoms with Crippen LogP contribution in [-0.2, 0) is 10.0 Å². The highest BCUT2D eigenvalue weighted by Crippen LogP contribution is 2.23. The number of sulfonamides is 1. The highest BCUT2D eigenvalue weighted by atomic mass is 32.2. The Labute approximate surface area is 142 Å². The molecule has 0 aliphatic carbocycles. The van der Waals surface area contributed by atoms with E-state index in [9.17, 15) is 8.42 Å². The summed E-state index contributed by atoms with van der Waals surface area (Å²) in [5.41, 5.74) is 9.37. The van der Waals surface area contributed by atoms with Gasteiger partial charge in [-0.1, -0.05) is 30.4 Å². The SMILES string of the molecule is Cc1cc(S(N)(=O)=O)c(N)cc1/C=C\CN=Nc1ccccc1C. The minimum atomic E-state index is -3.82. The van der Waals surface area contributed by atoms with Gasteiger partial charge in [0.25, 0.3) is 0 Å². The van der Waals surface area contributed by atoms with Crippen molar-refractivity contribution in [1.82, 2.24) is 0 Å². The quantitative estimate of drug-likeness (QED) is 0.641. The average Bonchev–Trinajstić information content (AvgIpc) is 2.50. The van der Waals surface area contributed by atoms with Gasteiger partial charge in [-0.25, -0.2) is 13.6 Å². The van der Waals surface area contributed by atoms with E-state index in [-0.39, 0.29) is 10.6 Å². The zero-order valence-electron chi connectivity index (χ0n) is 13.6. The van der Waals surface area contributed by atoms with Crippen molar-refractivity contribution in [3.63, 3.8) is 0 Å². The standard InChI is InChI=1S/C17H20N4O2S/c1-12-6-3-4-8-16(12)21-20-9-5-7-14-11-15(18)17(10-13(14)2)24(19,22)23/h3-8,10-11H,9,18H2,1-2H3,(H2,19,22,23)/b7-5-,21-20?. The first kappa shape index (κ1) is 17.8. The molecule has 0 saturated heterocycles. The second-order valence-electron chi connectivity index (χ2n) is 5.40. The van der Waals surface area contributed by atoms with E-state index in [0.29, 0.717) is 6.54 Å². The molecule has 24 heavy (non-hydrogen) atoms. The second kappa shape index (κ2) is 7.37. The van der Waals surface area contributed by atoms with Gasteiger partial charge in [0.15, 0.2) is 0 Å². The fraction of sp³-hybridized carbons (Fsp3) is 0.176. The third-order valence-electron chi connectivity index (χ3n) is 3.48. The van der Waals surface area contributed by atoms with E-state index in [1.54, 1.807) is 13.0 Å². The number of benzene rings is 2. The van der Waals surface area contributed by atoms with E-state index in [1.165, 1.54) is 6.07 Å². The number of azo groups is 1. The fourth-order valence-electron chi connectivity index (χ4n) is 2.16. The normalized spacial score (nSPS) is 12.3. The Kier molecular flexibility index (Phi) is 5.48. The Bertz CT molecular complexity index is 903. The summed E-state index contributed by atoms with van der Waals surface area (Å²) in [4.78, 5) is -0.0589. The highest BCUT2D eigenvalue weighted by molar-refractivity contribution is 7.89. The number of nitrogen functional groups attached to an aromatic ring is 1. The topological polar surface area (TPSA) is 111 Å². The molecule has 0 aromatic heterocycles. The Morgan fingerprint density at radius 3 is 2.50 bits per heavy atom. The Balaban J connectivity index is 2.10. The van der Waals surface area contributed by atoms with Gasteiger partial charge in [0, 0.05) is 0 Å². The predicted octanol–water partition coefficient (Wildman–Crippen LogP) is 3.33. The van der Waals surface area contributed by atoms with Crippen molar-refractivity contribution >= 4 is 27.5 Å². The minimum absolute atomic E-state index is 0.0589. The van der Waals surface area contributed by atoms with Crippen molar-refractivity contribution < 1.29 is 8.42 Å². The van der Waals surface area contributed by atoms with Crippen LogP contribution in [0.1, 0.15) is 16.7 Å². The van der Waals surface area contributed by atoms with Crippen molar-refractivity contribution in [2.45, 2.75) is 18.7 Å². The van der Waals surface area contributed by atoms with Gasteiger partial charge in [0.1, 0.15) is 4.90 Å². The summed E-state index contributed by atoms with van der Waals surface area (Å²) < 4.78 is 22.9. The number of primary sulfonamides is 1. The Hall–Kier alpha value is -2.51. The van der Waals surface area contributed by atoms with Crippen molar-refractivity contribution in [2.75, 3.05) is 12.3 Å². The first-order valence-electron chi connectivity index (χ1n) is 7.31. The molecule has 2 aromatic carbocycles. The highest BCUT2D eigenvalue weighted by Gasteiger charge is 2.13. The van der Waals surface area contributed by atoms with Gasteiger partial charge in [0.05, 0.1) is 17.9 Å². The molecule has 126 valence electrons. The molecule has 0 unspecified atom stereocenters. The van der Waals surface area contributed by atoms with E-state index in [4.69, 9.17) is 10.9 Å². The van der Waals surface area contributed by atoms with Crippen molar-refractivity contribution in [1.29, 1.82) is 0 Å². The van der Waals surface area contributed by atoms with Crippen LogP contribution < -0.4 is 10.9 Å². The minimum Gasteiger partial charge on any atom is -0.398 e. The lowest BCUT2D eigenvalue weighted by Crippen LogP contribution is -2.14. The summed E-state index contributed by atoms with van der Waals surface area (Å²) in [6, 6.07) is 10.8. The average molecular weight is 344 g/mol. The summed E-state index contributed by atoms with van der Waals surface area (Å²) in [5.74, 6) is 0. The molecule has 2 rings (SSSR count). The van der Waals surface area contributed by atoms with Crippen LogP contribution >= 0.6 is 0 Å². The van der Waals surface area contributed by atoms with Crippen LogP contribution in [0, 0.1) is 13.8 Å². The number of anilines is 1. The molecule has 0 aliphatic rings. The third-order valence-corrected chi connectivity index (χ3v) is 4.45. The summed E-state index contributed by atoms with van der Waals surface area (Å²) in [6.45, 7) is 4.18. The Morgan fingerprint density at radius 2 is 1.83 bits per heavy atom. The van der Waals surface area contributed by atoms with Gasteiger partial charge in [-0.3, -0.25) is 0 Å². The predicted molar refractivity (Wildman–Crippen MR) is 96.6 cm³/mol. The number of aryl methyl sites for hydroxylation is 2. The summed E-state index contributed by atoms with van der Waals surface area (Å²) in [7, 11) is -3.82. The lowest BCUT2D eigenvalue weighted by Gasteiger charge is -2.07. The van der Waals surface area contributed by atoms with Crippen LogP contribution in [-0.4, -0.2) is 15.0 Å². The molecule has 2 aromatic rings. The van der Waals surface area contributed by atoms with Crippen LogP contribution in [0.3, 0.4) is 0 Å². The van der Waals surface area contributed by atoms with E-state index in [2.05, 4.69) is 10.2 Å². The molecular formula is C17H20N4O2S. The maximum absolute atomic E-state index is 11.4. The molecule has 0 bridgehead atoms. The molecular weight excluding hydrogens is 324 g/mol. The van der Waals surface area contributed by atoms with Crippen LogP contribution in [0.2, 0.25) is 0 Å². The molecule has 4 N–H and O–H groups in total. The molecule has 6 nitrogen and oxygen atoms in total. The van der Waals surface area contributed by atoms with Gasteiger partial charge in [0.2, 0.25) is 10.0 Å². The molecule has 0 atom stereocenters. The van der Waals surface area contributed by atoms with Crippen molar-refractivity contribution in [3.8, 4) is 0 Å².